The van der Waals surface area contributed by atoms with Gasteiger partial charge in [-0.25, -0.2) is 9.97 Å². The zero-order valence-electron chi connectivity index (χ0n) is 15.0. The number of thiophene rings is 1. The molecule has 0 aliphatic carbocycles. The Balaban J connectivity index is 1.59. The smallest absolute Gasteiger partial charge is 0.230 e. The minimum atomic E-state index is -0.0202. The monoisotopic (exact) mass is 387 g/mol. The molecule has 5 nitrogen and oxygen atoms in total. The van der Waals surface area contributed by atoms with Gasteiger partial charge in [-0.05, 0) is 44.0 Å². The van der Waals surface area contributed by atoms with Crippen molar-refractivity contribution in [2.24, 2.45) is 0 Å². The highest BCUT2D eigenvalue weighted by Gasteiger charge is 2.13. The number of aromatic nitrogens is 2. The largest absolute Gasteiger partial charge is 0.494 e. The molecule has 0 unspecified atom stereocenters. The minimum absolute atomic E-state index is 0.0202. The third-order valence-corrected chi connectivity index (χ3v) is 6.07. The van der Waals surface area contributed by atoms with Gasteiger partial charge in [0, 0.05) is 16.8 Å². The second-order valence-electron chi connectivity index (χ2n) is 5.79. The van der Waals surface area contributed by atoms with E-state index < -0.39 is 0 Å². The van der Waals surface area contributed by atoms with E-state index in [4.69, 9.17) is 4.74 Å². The van der Waals surface area contributed by atoms with E-state index in [1.54, 1.807) is 17.7 Å². The number of thioether (sulfide) groups is 1. The molecule has 1 amide bonds. The lowest BCUT2D eigenvalue weighted by atomic mass is 10.2. The van der Waals surface area contributed by atoms with E-state index in [0.717, 1.165) is 26.6 Å². The average molecular weight is 388 g/mol. The summed E-state index contributed by atoms with van der Waals surface area (Å²) in [5.41, 5.74) is 2.21. The van der Waals surface area contributed by atoms with Crippen LogP contribution in [0.2, 0.25) is 0 Å². The molecule has 2 heterocycles. The highest BCUT2D eigenvalue weighted by Crippen LogP contribution is 2.34. The van der Waals surface area contributed by atoms with Gasteiger partial charge in [0.05, 0.1) is 12.4 Å². The number of rotatable bonds is 7. The van der Waals surface area contributed by atoms with Gasteiger partial charge in [0.1, 0.15) is 21.9 Å². The molecular formula is C19H21N3O2S2. The summed E-state index contributed by atoms with van der Waals surface area (Å²) in [5.74, 6) is 1.12. The molecule has 1 N–H and O–H groups in total. The number of nitrogens with zero attached hydrogens (tertiary/aromatic N) is 2. The van der Waals surface area contributed by atoms with E-state index in [-0.39, 0.29) is 5.91 Å². The van der Waals surface area contributed by atoms with Crippen LogP contribution in [0.1, 0.15) is 22.9 Å². The molecule has 0 aliphatic rings. The third kappa shape index (κ3) is 4.34. The number of hydrogen-bond acceptors (Lipinski definition) is 6. The van der Waals surface area contributed by atoms with Crippen LogP contribution in [0.15, 0.2) is 35.6 Å². The van der Waals surface area contributed by atoms with Gasteiger partial charge in [0.25, 0.3) is 0 Å². The van der Waals surface area contributed by atoms with E-state index in [2.05, 4.69) is 29.1 Å². The van der Waals surface area contributed by atoms with Crippen molar-refractivity contribution in [3.63, 3.8) is 0 Å². The van der Waals surface area contributed by atoms with Gasteiger partial charge in [-0.3, -0.25) is 4.79 Å². The van der Waals surface area contributed by atoms with Gasteiger partial charge in [-0.2, -0.15) is 0 Å². The van der Waals surface area contributed by atoms with Crippen LogP contribution in [-0.4, -0.2) is 28.2 Å². The van der Waals surface area contributed by atoms with Crippen LogP contribution in [0.5, 0.6) is 5.75 Å². The van der Waals surface area contributed by atoms with Crippen LogP contribution in [-0.2, 0) is 11.3 Å². The summed E-state index contributed by atoms with van der Waals surface area (Å²) in [5, 5.41) is 4.88. The fourth-order valence-corrected chi connectivity index (χ4v) is 4.50. The van der Waals surface area contributed by atoms with Crippen molar-refractivity contribution in [1.29, 1.82) is 0 Å². The maximum atomic E-state index is 12.2. The van der Waals surface area contributed by atoms with Crippen LogP contribution in [0.4, 0.5) is 0 Å². The van der Waals surface area contributed by atoms with E-state index in [0.29, 0.717) is 18.9 Å². The van der Waals surface area contributed by atoms with E-state index >= 15 is 0 Å². The van der Waals surface area contributed by atoms with Crippen LogP contribution in [0, 0.1) is 13.8 Å². The Morgan fingerprint density at radius 3 is 2.96 bits per heavy atom. The fraction of sp³-hybridized carbons (Fsp3) is 0.316. The van der Waals surface area contributed by atoms with Crippen molar-refractivity contribution in [1.82, 2.24) is 15.3 Å². The van der Waals surface area contributed by atoms with E-state index in [1.165, 1.54) is 22.2 Å². The topological polar surface area (TPSA) is 64.1 Å². The molecule has 0 bridgehead atoms. The van der Waals surface area contributed by atoms with Crippen LogP contribution in [0.25, 0.3) is 10.2 Å². The molecule has 0 radical (unpaired) electrons. The quantitative estimate of drug-likeness (QED) is 0.488. The summed E-state index contributed by atoms with van der Waals surface area (Å²) in [4.78, 5) is 23.1. The van der Waals surface area contributed by atoms with Gasteiger partial charge < -0.3 is 10.1 Å². The maximum absolute atomic E-state index is 12.2. The minimum Gasteiger partial charge on any atom is -0.494 e. The zero-order valence-corrected chi connectivity index (χ0v) is 16.7. The average Bonchev–Trinajstić information content (AvgIpc) is 2.93. The van der Waals surface area contributed by atoms with Crippen LogP contribution in [0.3, 0.4) is 0 Å². The molecule has 0 fully saturated rings. The molecule has 0 aliphatic heterocycles. The lowest BCUT2D eigenvalue weighted by Gasteiger charge is -2.08. The van der Waals surface area contributed by atoms with Gasteiger partial charge in [0.2, 0.25) is 5.91 Å². The molecule has 0 saturated heterocycles. The first-order valence-corrected chi connectivity index (χ1v) is 10.2. The number of benzene rings is 1. The summed E-state index contributed by atoms with van der Waals surface area (Å²) in [6, 6.07) is 7.76. The van der Waals surface area contributed by atoms with Crippen molar-refractivity contribution >= 4 is 39.2 Å². The molecule has 136 valence electrons. The fourth-order valence-electron chi connectivity index (χ4n) is 2.56. The molecule has 3 aromatic rings. The Morgan fingerprint density at radius 1 is 1.31 bits per heavy atom. The number of hydrogen-bond donors (Lipinski definition) is 1. The van der Waals surface area contributed by atoms with Crippen molar-refractivity contribution in [2.75, 3.05) is 12.4 Å². The molecule has 1 aromatic carbocycles. The number of carbonyl (C=O) groups excluding carboxylic acids is 1. The number of aryl methyl sites for hydroxylation is 2. The summed E-state index contributed by atoms with van der Waals surface area (Å²) >= 11 is 3.11. The Bertz CT molecular complexity index is 924. The summed E-state index contributed by atoms with van der Waals surface area (Å²) in [7, 11) is 0. The second kappa shape index (κ2) is 8.51. The molecule has 0 spiro atoms. The SMILES string of the molecule is CCOc1cccc(CNC(=O)CSc2ncnc3sc(C)c(C)c23)c1. The highest BCUT2D eigenvalue weighted by molar-refractivity contribution is 8.00. The highest BCUT2D eigenvalue weighted by atomic mass is 32.2. The van der Waals surface area contributed by atoms with Gasteiger partial charge in [0.15, 0.2) is 0 Å². The molecule has 0 atom stereocenters. The number of amides is 1. The first kappa shape index (κ1) is 18.7. The molecule has 26 heavy (non-hydrogen) atoms. The standard InChI is InChI=1S/C19H21N3O2S2/c1-4-24-15-7-5-6-14(8-15)9-20-16(23)10-25-18-17-12(2)13(3)26-19(17)22-11-21-18/h5-8,11H,4,9-10H2,1-3H3,(H,20,23). The maximum Gasteiger partial charge on any atom is 0.230 e. The van der Waals surface area contributed by atoms with Crippen LogP contribution < -0.4 is 10.1 Å². The van der Waals surface area contributed by atoms with Crippen molar-refractivity contribution < 1.29 is 9.53 Å². The van der Waals surface area contributed by atoms with Gasteiger partial charge >= 0.3 is 0 Å². The molecule has 3 rings (SSSR count). The van der Waals surface area contributed by atoms with Gasteiger partial charge in [-0.1, -0.05) is 23.9 Å². The zero-order chi connectivity index (χ0) is 18.5. The third-order valence-electron chi connectivity index (χ3n) is 3.97. The number of fused-ring (bicyclic) bond motifs is 1. The Labute approximate surface area is 161 Å². The normalized spacial score (nSPS) is 10.9. The first-order chi connectivity index (χ1) is 12.6. The van der Waals surface area contributed by atoms with Crippen molar-refractivity contribution in [3.8, 4) is 5.75 Å². The Kier molecular flexibility index (Phi) is 6.11. The molecule has 7 heteroatoms. The second-order valence-corrected chi connectivity index (χ2v) is 7.96. The van der Waals surface area contributed by atoms with E-state index in [1.807, 2.05) is 31.2 Å². The summed E-state index contributed by atoms with van der Waals surface area (Å²) in [6.07, 6.45) is 1.57. The van der Waals surface area contributed by atoms with Crippen molar-refractivity contribution in [2.45, 2.75) is 32.3 Å². The van der Waals surface area contributed by atoms with Gasteiger partial charge in [-0.15, -0.1) is 11.3 Å². The van der Waals surface area contributed by atoms with Crippen molar-refractivity contribution in [3.05, 3.63) is 46.6 Å². The lowest BCUT2D eigenvalue weighted by Crippen LogP contribution is -2.24. The predicted molar refractivity (Wildman–Crippen MR) is 107 cm³/mol. The van der Waals surface area contributed by atoms with Crippen LogP contribution >= 0.6 is 23.1 Å². The van der Waals surface area contributed by atoms with E-state index in [9.17, 15) is 4.79 Å². The summed E-state index contributed by atoms with van der Waals surface area (Å²) in [6.45, 7) is 7.22. The number of carbonyl (C=O) groups is 1. The first-order valence-electron chi connectivity index (χ1n) is 8.40. The molecule has 2 aromatic heterocycles. The Morgan fingerprint density at radius 2 is 2.15 bits per heavy atom. The summed E-state index contributed by atoms with van der Waals surface area (Å²) < 4.78 is 5.48. The number of ether oxygens (including phenoxy) is 1. The molecule has 0 saturated carbocycles. The molecular weight excluding hydrogens is 366 g/mol. The predicted octanol–water partition coefficient (Wildman–Crippen LogP) is 4.12. The Hall–Kier alpha value is -2.12. The lowest BCUT2D eigenvalue weighted by molar-refractivity contribution is -0.118. The number of nitrogens with one attached hydrogen (secondary N) is 1.